The zero-order valence-electron chi connectivity index (χ0n) is 15.1. The SMILES string of the molecule is CC(=O)N[C@@H](CC(=O)N1CCN(Cc2ccsc2)CC1)c1ccccc1. The molecule has 0 spiro atoms. The van der Waals surface area contributed by atoms with E-state index in [1.54, 1.807) is 11.3 Å². The fraction of sp³-hybridized carbons (Fsp3) is 0.400. The van der Waals surface area contributed by atoms with Gasteiger partial charge in [-0.15, -0.1) is 0 Å². The summed E-state index contributed by atoms with van der Waals surface area (Å²) in [6, 6.07) is 11.6. The van der Waals surface area contributed by atoms with Crippen molar-refractivity contribution in [2.24, 2.45) is 0 Å². The highest BCUT2D eigenvalue weighted by Gasteiger charge is 2.24. The summed E-state index contributed by atoms with van der Waals surface area (Å²) >= 11 is 1.72. The zero-order valence-corrected chi connectivity index (χ0v) is 15.9. The van der Waals surface area contributed by atoms with E-state index in [0.717, 1.165) is 38.3 Å². The van der Waals surface area contributed by atoms with Crippen LogP contribution in [0, 0.1) is 0 Å². The Morgan fingerprint density at radius 1 is 1.12 bits per heavy atom. The Bertz CT molecular complexity index is 710. The van der Waals surface area contributed by atoms with Crippen molar-refractivity contribution in [3.8, 4) is 0 Å². The molecule has 2 aromatic rings. The van der Waals surface area contributed by atoms with E-state index in [2.05, 4.69) is 27.0 Å². The fourth-order valence-corrected chi connectivity index (χ4v) is 3.94. The lowest BCUT2D eigenvalue weighted by Crippen LogP contribution is -2.49. The van der Waals surface area contributed by atoms with Gasteiger partial charge in [0.25, 0.3) is 0 Å². The van der Waals surface area contributed by atoms with Crippen LogP contribution >= 0.6 is 11.3 Å². The molecule has 138 valence electrons. The predicted molar refractivity (Wildman–Crippen MR) is 104 cm³/mol. The van der Waals surface area contributed by atoms with Crippen LogP contribution in [0.2, 0.25) is 0 Å². The van der Waals surface area contributed by atoms with E-state index in [1.807, 2.05) is 35.2 Å². The summed E-state index contributed by atoms with van der Waals surface area (Å²) in [4.78, 5) is 28.6. The lowest BCUT2D eigenvalue weighted by molar-refractivity contribution is -0.133. The quantitative estimate of drug-likeness (QED) is 0.849. The van der Waals surface area contributed by atoms with Crippen LogP contribution in [0.25, 0.3) is 0 Å². The topological polar surface area (TPSA) is 52.7 Å². The van der Waals surface area contributed by atoms with Crippen molar-refractivity contribution in [1.82, 2.24) is 15.1 Å². The zero-order chi connectivity index (χ0) is 18.4. The molecule has 1 N–H and O–H groups in total. The smallest absolute Gasteiger partial charge is 0.225 e. The summed E-state index contributed by atoms with van der Waals surface area (Å²) in [7, 11) is 0. The normalized spacial score (nSPS) is 16.3. The molecule has 0 radical (unpaired) electrons. The Morgan fingerprint density at radius 3 is 2.46 bits per heavy atom. The number of hydrogen-bond donors (Lipinski definition) is 1. The lowest BCUT2D eigenvalue weighted by Gasteiger charge is -2.35. The largest absolute Gasteiger partial charge is 0.349 e. The molecule has 1 fully saturated rings. The molecule has 26 heavy (non-hydrogen) atoms. The van der Waals surface area contributed by atoms with Gasteiger partial charge in [0.1, 0.15) is 0 Å². The van der Waals surface area contributed by atoms with Gasteiger partial charge in [0.2, 0.25) is 11.8 Å². The first kappa shape index (κ1) is 18.6. The van der Waals surface area contributed by atoms with E-state index in [-0.39, 0.29) is 17.9 Å². The molecular weight excluding hydrogens is 346 g/mol. The number of piperazine rings is 1. The van der Waals surface area contributed by atoms with Gasteiger partial charge in [0, 0.05) is 39.6 Å². The fourth-order valence-electron chi connectivity index (χ4n) is 3.28. The number of thiophene rings is 1. The number of benzene rings is 1. The maximum atomic E-state index is 12.7. The van der Waals surface area contributed by atoms with Gasteiger partial charge in [-0.1, -0.05) is 30.3 Å². The summed E-state index contributed by atoms with van der Waals surface area (Å²) in [5.41, 5.74) is 2.30. The van der Waals surface area contributed by atoms with Crippen LogP contribution < -0.4 is 5.32 Å². The molecule has 0 unspecified atom stereocenters. The monoisotopic (exact) mass is 371 g/mol. The van der Waals surface area contributed by atoms with Crippen molar-refractivity contribution >= 4 is 23.2 Å². The number of hydrogen-bond acceptors (Lipinski definition) is 4. The van der Waals surface area contributed by atoms with Crippen LogP contribution in [-0.2, 0) is 16.1 Å². The van der Waals surface area contributed by atoms with Crippen LogP contribution in [-0.4, -0.2) is 47.8 Å². The third-order valence-corrected chi connectivity index (χ3v) is 5.40. The molecule has 0 aliphatic carbocycles. The van der Waals surface area contributed by atoms with Crippen molar-refractivity contribution in [3.63, 3.8) is 0 Å². The second-order valence-corrected chi connectivity index (χ2v) is 7.44. The van der Waals surface area contributed by atoms with Gasteiger partial charge in [0.05, 0.1) is 12.5 Å². The van der Waals surface area contributed by atoms with Crippen LogP contribution in [0.3, 0.4) is 0 Å². The minimum atomic E-state index is -0.273. The molecule has 0 saturated carbocycles. The summed E-state index contributed by atoms with van der Waals surface area (Å²) in [6.07, 6.45) is 0.300. The van der Waals surface area contributed by atoms with Crippen molar-refractivity contribution in [2.45, 2.75) is 25.9 Å². The number of nitrogens with one attached hydrogen (secondary N) is 1. The molecule has 2 heterocycles. The molecule has 6 heteroatoms. The van der Waals surface area contributed by atoms with Crippen molar-refractivity contribution < 1.29 is 9.59 Å². The van der Waals surface area contributed by atoms with E-state index in [1.165, 1.54) is 12.5 Å². The molecule has 1 aromatic carbocycles. The molecule has 3 rings (SSSR count). The Hall–Kier alpha value is -2.18. The third kappa shape index (κ3) is 5.16. The summed E-state index contributed by atoms with van der Waals surface area (Å²) in [5, 5.41) is 7.18. The lowest BCUT2D eigenvalue weighted by atomic mass is 10.0. The Labute approximate surface area is 158 Å². The minimum absolute atomic E-state index is 0.0998. The Morgan fingerprint density at radius 2 is 1.85 bits per heavy atom. The molecule has 5 nitrogen and oxygen atoms in total. The number of rotatable bonds is 6. The second kappa shape index (κ2) is 8.96. The third-order valence-electron chi connectivity index (χ3n) is 4.67. The molecule has 1 saturated heterocycles. The van der Waals surface area contributed by atoms with Gasteiger partial charge in [-0.05, 0) is 28.0 Å². The molecular formula is C20H25N3O2S. The van der Waals surface area contributed by atoms with E-state index in [0.29, 0.717) is 6.42 Å². The first-order valence-electron chi connectivity index (χ1n) is 8.95. The molecule has 2 amide bonds. The van der Waals surface area contributed by atoms with Crippen LogP contribution in [0.1, 0.15) is 30.5 Å². The van der Waals surface area contributed by atoms with Crippen molar-refractivity contribution in [3.05, 3.63) is 58.3 Å². The summed E-state index contributed by atoms with van der Waals surface area (Å²) in [5.74, 6) is -0.0185. The number of carbonyl (C=O) groups is 2. The summed E-state index contributed by atoms with van der Waals surface area (Å²) in [6.45, 7) is 5.69. The predicted octanol–water partition coefficient (Wildman–Crippen LogP) is 2.66. The average molecular weight is 372 g/mol. The first-order valence-corrected chi connectivity index (χ1v) is 9.89. The molecule has 1 aliphatic heterocycles. The van der Waals surface area contributed by atoms with Crippen LogP contribution in [0.5, 0.6) is 0 Å². The molecule has 1 aliphatic rings. The highest BCUT2D eigenvalue weighted by atomic mass is 32.1. The van der Waals surface area contributed by atoms with Gasteiger partial charge >= 0.3 is 0 Å². The van der Waals surface area contributed by atoms with E-state index >= 15 is 0 Å². The van der Waals surface area contributed by atoms with Gasteiger partial charge in [-0.25, -0.2) is 0 Å². The van der Waals surface area contributed by atoms with Crippen LogP contribution in [0.15, 0.2) is 47.2 Å². The van der Waals surface area contributed by atoms with E-state index in [4.69, 9.17) is 0 Å². The van der Waals surface area contributed by atoms with Crippen molar-refractivity contribution in [2.75, 3.05) is 26.2 Å². The molecule has 1 atom stereocenters. The van der Waals surface area contributed by atoms with Gasteiger partial charge in [0.15, 0.2) is 0 Å². The maximum absolute atomic E-state index is 12.7. The van der Waals surface area contributed by atoms with Gasteiger partial charge < -0.3 is 10.2 Å². The Kier molecular flexibility index (Phi) is 6.41. The summed E-state index contributed by atoms with van der Waals surface area (Å²) < 4.78 is 0. The first-order chi connectivity index (χ1) is 12.6. The number of amides is 2. The maximum Gasteiger partial charge on any atom is 0.225 e. The van der Waals surface area contributed by atoms with E-state index < -0.39 is 0 Å². The molecule has 1 aromatic heterocycles. The second-order valence-electron chi connectivity index (χ2n) is 6.66. The van der Waals surface area contributed by atoms with Gasteiger partial charge in [-0.3, -0.25) is 14.5 Å². The molecule has 0 bridgehead atoms. The van der Waals surface area contributed by atoms with Crippen molar-refractivity contribution in [1.29, 1.82) is 0 Å². The minimum Gasteiger partial charge on any atom is -0.349 e. The van der Waals surface area contributed by atoms with Crippen LogP contribution in [0.4, 0.5) is 0 Å². The Balaban J connectivity index is 1.54. The number of nitrogens with zero attached hydrogens (tertiary/aromatic N) is 2. The highest BCUT2D eigenvalue weighted by molar-refractivity contribution is 7.07. The van der Waals surface area contributed by atoms with Gasteiger partial charge in [-0.2, -0.15) is 11.3 Å². The highest BCUT2D eigenvalue weighted by Crippen LogP contribution is 2.19. The van der Waals surface area contributed by atoms with E-state index in [9.17, 15) is 9.59 Å². The number of carbonyl (C=O) groups excluding carboxylic acids is 2. The average Bonchev–Trinajstić information content (AvgIpc) is 3.15. The standard InChI is InChI=1S/C20H25N3O2S/c1-16(24)21-19(18-5-3-2-4-6-18)13-20(25)23-10-8-22(9-11-23)14-17-7-12-26-15-17/h2-7,12,15,19H,8-11,13-14H2,1H3,(H,21,24)/t19-/m0/s1.